The molecule has 116 valence electrons. The second kappa shape index (κ2) is 6.31. The molecule has 0 saturated carbocycles. The van der Waals surface area contributed by atoms with Crippen molar-refractivity contribution in [3.63, 3.8) is 0 Å². The topological polar surface area (TPSA) is 77.2 Å². The van der Waals surface area contributed by atoms with Crippen LogP contribution < -0.4 is 5.32 Å². The number of nitrogens with zero attached hydrogens (tertiary/aromatic N) is 2. The number of hydrogen-bond acceptors (Lipinski definition) is 3. The molecular weight excluding hydrogens is 294 g/mol. The quantitative estimate of drug-likeness (QED) is 0.581. The minimum atomic E-state index is -0.487. The van der Waals surface area contributed by atoms with Crippen molar-refractivity contribution in [3.05, 3.63) is 76.5 Å². The second-order valence-electron chi connectivity index (χ2n) is 5.13. The van der Waals surface area contributed by atoms with E-state index in [0.29, 0.717) is 18.7 Å². The van der Waals surface area contributed by atoms with Crippen LogP contribution in [0.5, 0.6) is 0 Å². The van der Waals surface area contributed by atoms with Gasteiger partial charge in [-0.3, -0.25) is 14.9 Å². The van der Waals surface area contributed by atoms with Gasteiger partial charge in [-0.1, -0.05) is 18.2 Å². The van der Waals surface area contributed by atoms with Crippen LogP contribution in [0.15, 0.2) is 60.8 Å². The monoisotopic (exact) mass is 309 g/mol. The van der Waals surface area contributed by atoms with E-state index in [2.05, 4.69) is 9.88 Å². The van der Waals surface area contributed by atoms with Gasteiger partial charge in [-0.05, 0) is 29.7 Å². The summed E-state index contributed by atoms with van der Waals surface area (Å²) in [7, 11) is 0. The van der Waals surface area contributed by atoms with Crippen molar-refractivity contribution in [1.82, 2.24) is 9.88 Å². The van der Waals surface area contributed by atoms with Gasteiger partial charge in [0.05, 0.1) is 4.92 Å². The molecule has 6 heteroatoms. The highest BCUT2D eigenvalue weighted by molar-refractivity contribution is 5.94. The molecule has 0 fully saturated rings. The van der Waals surface area contributed by atoms with Gasteiger partial charge in [-0.15, -0.1) is 0 Å². The SMILES string of the molecule is O=C(NCCn1ccc2ccccc21)c1ccc([N+](=O)[O-])cc1. The van der Waals surface area contributed by atoms with Gasteiger partial charge in [0, 0.05) is 42.5 Å². The van der Waals surface area contributed by atoms with Crippen molar-refractivity contribution in [1.29, 1.82) is 0 Å². The third-order valence-corrected chi connectivity index (χ3v) is 3.66. The molecule has 1 heterocycles. The fourth-order valence-corrected chi connectivity index (χ4v) is 2.46. The first-order valence-electron chi connectivity index (χ1n) is 7.22. The number of carbonyl (C=O) groups is 1. The lowest BCUT2D eigenvalue weighted by Gasteiger charge is -2.07. The van der Waals surface area contributed by atoms with Crippen molar-refractivity contribution in [2.45, 2.75) is 6.54 Å². The fourth-order valence-electron chi connectivity index (χ4n) is 2.46. The van der Waals surface area contributed by atoms with Crippen LogP contribution in [0.4, 0.5) is 5.69 Å². The predicted molar refractivity (Wildman–Crippen MR) is 87.4 cm³/mol. The molecule has 0 spiro atoms. The van der Waals surface area contributed by atoms with Gasteiger partial charge in [0.2, 0.25) is 0 Å². The molecule has 3 rings (SSSR count). The Bertz CT molecular complexity index is 853. The van der Waals surface area contributed by atoms with E-state index in [1.165, 1.54) is 24.3 Å². The standard InChI is InChI=1S/C17H15N3O3/c21-17(14-5-7-15(8-6-14)20(22)23)18-10-12-19-11-9-13-3-1-2-4-16(13)19/h1-9,11H,10,12H2,(H,18,21). The fraction of sp³-hybridized carbons (Fsp3) is 0.118. The Morgan fingerprint density at radius 1 is 1.09 bits per heavy atom. The molecule has 2 aromatic carbocycles. The summed E-state index contributed by atoms with van der Waals surface area (Å²) in [4.78, 5) is 22.1. The number of nitro groups is 1. The number of hydrogen-bond donors (Lipinski definition) is 1. The van der Waals surface area contributed by atoms with Crippen LogP contribution in [-0.4, -0.2) is 21.9 Å². The van der Waals surface area contributed by atoms with Crippen LogP contribution in [0.1, 0.15) is 10.4 Å². The largest absolute Gasteiger partial charge is 0.350 e. The zero-order chi connectivity index (χ0) is 16.2. The molecule has 0 aliphatic carbocycles. The summed E-state index contributed by atoms with van der Waals surface area (Å²) in [5.74, 6) is -0.239. The van der Waals surface area contributed by atoms with E-state index in [1.54, 1.807) is 0 Å². The van der Waals surface area contributed by atoms with Crippen LogP contribution in [-0.2, 0) is 6.54 Å². The Kier molecular flexibility index (Phi) is 4.05. The molecule has 0 atom stereocenters. The van der Waals surface area contributed by atoms with Crippen molar-refractivity contribution in [2.75, 3.05) is 6.54 Å². The van der Waals surface area contributed by atoms with Crippen molar-refractivity contribution >= 4 is 22.5 Å². The molecule has 1 aromatic heterocycles. The summed E-state index contributed by atoms with van der Waals surface area (Å²) in [5, 5.41) is 14.6. The van der Waals surface area contributed by atoms with Gasteiger partial charge in [-0.25, -0.2) is 0 Å². The lowest BCUT2D eigenvalue weighted by atomic mass is 10.2. The minimum Gasteiger partial charge on any atom is -0.350 e. The molecular formula is C17H15N3O3. The molecule has 23 heavy (non-hydrogen) atoms. The van der Waals surface area contributed by atoms with Gasteiger partial charge in [0.25, 0.3) is 11.6 Å². The first kappa shape index (κ1) is 14.8. The maximum absolute atomic E-state index is 12.0. The molecule has 1 N–H and O–H groups in total. The molecule has 0 bridgehead atoms. The number of amides is 1. The van der Waals surface area contributed by atoms with E-state index < -0.39 is 4.92 Å². The molecule has 6 nitrogen and oxygen atoms in total. The molecule has 0 saturated heterocycles. The van der Waals surface area contributed by atoms with Gasteiger partial charge in [-0.2, -0.15) is 0 Å². The van der Waals surface area contributed by atoms with Crippen molar-refractivity contribution < 1.29 is 9.72 Å². The first-order valence-corrected chi connectivity index (χ1v) is 7.22. The maximum Gasteiger partial charge on any atom is 0.269 e. The normalized spacial score (nSPS) is 10.6. The van der Waals surface area contributed by atoms with Gasteiger partial charge in [0.1, 0.15) is 0 Å². The summed E-state index contributed by atoms with van der Waals surface area (Å²) in [5.41, 5.74) is 1.51. The smallest absolute Gasteiger partial charge is 0.269 e. The van der Waals surface area contributed by atoms with Gasteiger partial charge >= 0.3 is 0 Å². The Morgan fingerprint density at radius 3 is 2.57 bits per heavy atom. The molecule has 0 unspecified atom stereocenters. The second-order valence-corrected chi connectivity index (χ2v) is 5.13. The minimum absolute atomic E-state index is 0.0274. The summed E-state index contributed by atoms with van der Waals surface area (Å²) in [6.45, 7) is 1.14. The number of rotatable bonds is 5. The molecule has 0 radical (unpaired) electrons. The summed E-state index contributed by atoms with van der Waals surface area (Å²) >= 11 is 0. The zero-order valence-electron chi connectivity index (χ0n) is 12.3. The Balaban J connectivity index is 1.60. The average Bonchev–Trinajstić information content (AvgIpc) is 2.98. The van der Waals surface area contributed by atoms with E-state index in [-0.39, 0.29) is 11.6 Å². The van der Waals surface area contributed by atoms with Gasteiger partial charge < -0.3 is 9.88 Å². The lowest BCUT2D eigenvalue weighted by molar-refractivity contribution is -0.384. The van der Waals surface area contributed by atoms with E-state index in [1.807, 2.05) is 36.5 Å². The number of nitro benzene ring substituents is 1. The highest BCUT2D eigenvalue weighted by Crippen LogP contribution is 2.15. The van der Waals surface area contributed by atoms with Crippen molar-refractivity contribution in [3.8, 4) is 0 Å². The van der Waals surface area contributed by atoms with Gasteiger partial charge in [0.15, 0.2) is 0 Å². The van der Waals surface area contributed by atoms with E-state index >= 15 is 0 Å². The van der Waals surface area contributed by atoms with Crippen LogP contribution in [0.3, 0.4) is 0 Å². The lowest BCUT2D eigenvalue weighted by Crippen LogP contribution is -2.27. The van der Waals surface area contributed by atoms with E-state index in [9.17, 15) is 14.9 Å². The average molecular weight is 309 g/mol. The van der Waals surface area contributed by atoms with E-state index in [0.717, 1.165) is 10.9 Å². The summed E-state index contributed by atoms with van der Waals surface area (Å²) in [6, 6.07) is 15.7. The molecule has 3 aromatic rings. The number of fused-ring (bicyclic) bond motifs is 1. The van der Waals surface area contributed by atoms with E-state index in [4.69, 9.17) is 0 Å². The number of para-hydroxylation sites is 1. The highest BCUT2D eigenvalue weighted by atomic mass is 16.6. The zero-order valence-corrected chi connectivity index (χ0v) is 12.3. The summed E-state index contributed by atoms with van der Waals surface area (Å²) < 4.78 is 2.07. The third kappa shape index (κ3) is 3.21. The third-order valence-electron chi connectivity index (χ3n) is 3.66. The number of benzene rings is 2. The number of nitrogens with one attached hydrogen (secondary N) is 1. The van der Waals surface area contributed by atoms with Crippen LogP contribution >= 0.6 is 0 Å². The van der Waals surface area contributed by atoms with Crippen molar-refractivity contribution in [2.24, 2.45) is 0 Å². The highest BCUT2D eigenvalue weighted by Gasteiger charge is 2.09. The molecule has 0 aliphatic heterocycles. The first-order chi connectivity index (χ1) is 11.1. The maximum atomic E-state index is 12.0. The Hall–Kier alpha value is -3.15. The predicted octanol–water partition coefficient (Wildman–Crippen LogP) is 2.98. The van der Waals surface area contributed by atoms with Crippen LogP contribution in [0, 0.1) is 10.1 Å². The Morgan fingerprint density at radius 2 is 1.83 bits per heavy atom. The number of carbonyl (C=O) groups excluding carboxylic acids is 1. The Labute approximate surface area is 132 Å². The van der Waals surface area contributed by atoms with Crippen LogP contribution in [0.2, 0.25) is 0 Å². The molecule has 1 amide bonds. The number of non-ortho nitro benzene ring substituents is 1. The molecule has 0 aliphatic rings. The van der Waals surface area contributed by atoms with Crippen LogP contribution in [0.25, 0.3) is 10.9 Å². The summed E-state index contributed by atoms with van der Waals surface area (Å²) in [6.07, 6.45) is 1.99. The number of aromatic nitrogens is 1.